The molecular formula is C16H13ClF2N2O2. The van der Waals surface area contributed by atoms with Crippen LogP contribution in [-0.2, 0) is 0 Å². The van der Waals surface area contributed by atoms with E-state index in [0.29, 0.717) is 18.7 Å². The Hall–Kier alpha value is -2.18. The van der Waals surface area contributed by atoms with Crippen molar-refractivity contribution in [1.29, 1.82) is 0 Å². The number of benzene rings is 2. The van der Waals surface area contributed by atoms with Gasteiger partial charge in [0.15, 0.2) is 0 Å². The summed E-state index contributed by atoms with van der Waals surface area (Å²) in [5, 5.41) is 2.47. The number of hydrogen-bond acceptors (Lipinski definition) is 3. The average molecular weight is 339 g/mol. The summed E-state index contributed by atoms with van der Waals surface area (Å²) < 4.78 is 32.5. The lowest BCUT2D eigenvalue weighted by Gasteiger charge is -2.25. The van der Waals surface area contributed by atoms with Crippen LogP contribution in [0.15, 0.2) is 30.3 Å². The Kier molecular flexibility index (Phi) is 4.19. The van der Waals surface area contributed by atoms with E-state index in [1.165, 1.54) is 24.3 Å². The Labute approximate surface area is 136 Å². The maximum atomic E-state index is 13.9. The molecule has 2 aromatic carbocycles. The second kappa shape index (κ2) is 6.14. The second-order valence-electron chi connectivity index (χ2n) is 5.16. The molecule has 23 heavy (non-hydrogen) atoms. The van der Waals surface area contributed by atoms with Gasteiger partial charge in [-0.05, 0) is 30.3 Å². The number of hydrogen-bond donors (Lipinski definition) is 2. The van der Waals surface area contributed by atoms with Crippen LogP contribution in [0.1, 0.15) is 28.4 Å². The van der Waals surface area contributed by atoms with E-state index in [4.69, 9.17) is 22.1 Å². The van der Waals surface area contributed by atoms with Gasteiger partial charge in [-0.1, -0.05) is 11.6 Å². The number of carbonyl (C=O) groups is 1. The van der Waals surface area contributed by atoms with Gasteiger partial charge in [0.25, 0.3) is 5.91 Å². The van der Waals surface area contributed by atoms with Gasteiger partial charge in [0.1, 0.15) is 17.4 Å². The molecule has 0 saturated carbocycles. The lowest BCUT2D eigenvalue weighted by molar-refractivity contribution is 0.102. The van der Waals surface area contributed by atoms with Crippen molar-refractivity contribution in [2.24, 2.45) is 5.73 Å². The van der Waals surface area contributed by atoms with E-state index in [0.717, 1.165) is 6.07 Å². The summed E-state index contributed by atoms with van der Waals surface area (Å²) in [7, 11) is 0. The lowest BCUT2D eigenvalue weighted by Crippen LogP contribution is -2.25. The molecule has 0 unspecified atom stereocenters. The van der Waals surface area contributed by atoms with Crippen molar-refractivity contribution >= 4 is 23.2 Å². The Morgan fingerprint density at radius 3 is 2.74 bits per heavy atom. The fraction of sp³-hybridized carbons (Fsp3) is 0.188. The lowest BCUT2D eigenvalue weighted by atomic mass is 9.97. The number of fused-ring (bicyclic) bond motifs is 1. The van der Waals surface area contributed by atoms with Crippen LogP contribution in [0, 0.1) is 11.6 Å². The fourth-order valence-corrected chi connectivity index (χ4v) is 2.64. The van der Waals surface area contributed by atoms with E-state index in [9.17, 15) is 13.6 Å². The van der Waals surface area contributed by atoms with Crippen molar-refractivity contribution in [2.75, 3.05) is 11.9 Å². The van der Waals surface area contributed by atoms with E-state index in [1.54, 1.807) is 0 Å². The molecule has 7 heteroatoms. The number of halogens is 3. The Balaban J connectivity index is 1.94. The quantitative estimate of drug-likeness (QED) is 0.878. The number of carbonyl (C=O) groups excluding carboxylic acids is 1. The summed E-state index contributed by atoms with van der Waals surface area (Å²) in [5.74, 6) is -1.46. The average Bonchev–Trinajstić information content (AvgIpc) is 2.51. The highest BCUT2D eigenvalue weighted by atomic mass is 35.5. The highest BCUT2D eigenvalue weighted by molar-refractivity contribution is 6.31. The highest BCUT2D eigenvalue weighted by Crippen LogP contribution is 2.36. The summed E-state index contributed by atoms with van der Waals surface area (Å²) >= 11 is 5.68. The molecule has 0 saturated heterocycles. The van der Waals surface area contributed by atoms with Crippen molar-refractivity contribution < 1.29 is 18.3 Å². The van der Waals surface area contributed by atoms with Gasteiger partial charge in [-0.15, -0.1) is 0 Å². The molecule has 3 rings (SSSR count). The first-order chi connectivity index (χ1) is 11.0. The molecule has 0 aliphatic carbocycles. The largest absolute Gasteiger partial charge is 0.492 e. The van der Waals surface area contributed by atoms with Gasteiger partial charge in [-0.25, -0.2) is 8.78 Å². The first-order valence-corrected chi connectivity index (χ1v) is 7.32. The Bertz CT molecular complexity index is 783. The molecule has 0 radical (unpaired) electrons. The summed E-state index contributed by atoms with van der Waals surface area (Å²) in [5.41, 5.74) is 6.57. The molecular weight excluding hydrogens is 326 g/mol. The van der Waals surface area contributed by atoms with Gasteiger partial charge in [0.05, 0.1) is 17.2 Å². The van der Waals surface area contributed by atoms with Crippen molar-refractivity contribution in [3.8, 4) is 5.75 Å². The molecule has 120 valence electrons. The van der Waals surface area contributed by atoms with E-state index in [2.05, 4.69) is 5.32 Å². The monoisotopic (exact) mass is 338 g/mol. The molecule has 1 aliphatic rings. The van der Waals surface area contributed by atoms with E-state index in [1.807, 2.05) is 0 Å². The summed E-state index contributed by atoms with van der Waals surface area (Å²) in [6.45, 7) is 0.306. The fourth-order valence-electron chi connectivity index (χ4n) is 2.46. The van der Waals surface area contributed by atoms with Crippen molar-refractivity contribution in [3.63, 3.8) is 0 Å². The number of amides is 1. The van der Waals surface area contributed by atoms with Gasteiger partial charge in [-0.3, -0.25) is 4.79 Å². The second-order valence-corrected chi connectivity index (χ2v) is 5.57. The number of nitrogens with one attached hydrogen (secondary N) is 1. The molecule has 1 amide bonds. The van der Waals surface area contributed by atoms with Gasteiger partial charge in [-0.2, -0.15) is 0 Å². The predicted octanol–water partition coefficient (Wildman–Crippen LogP) is 3.65. The smallest absolute Gasteiger partial charge is 0.259 e. The zero-order chi connectivity index (χ0) is 16.6. The van der Waals surface area contributed by atoms with Crippen LogP contribution < -0.4 is 15.8 Å². The summed E-state index contributed by atoms with van der Waals surface area (Å²) in [6.07, 6.45) is 0.475. The minimum Gasteiger partial charge on any atom is -0.492 e. The zero-order valence-electron chi connectivity index (χ0n) is 11.9. The van der Waals surface area contributed by atoms with Gasteiger partial charge in [0, 0.05) is 23.7 Å². The zero-order valence-corrected chi connectivity index (χ0v) is 12.7. The van der Waals surface area contributed by atoms with Gasteiger partial charge in [0.2, 0.25) is 0 Å². The molecule has 3 N–H and O–H groups in total. The molecule has 1 atom stereocenters. The van der Waals surface area contributed by atoms with Crippen LogP contribution in [0.25, 0.3) is 0 Å². The molecule has 1 heterocycles. The van der Waals surface area contributed by atoms with Gasteiger partial charge < -0.3 is 15.8 Å². The minimum absolute atomic E-state index is 0.109. The Morgan fingerprint density at radius 2 is 2.00 bits per heavy atom. The van der Waals surface area contributed by atoms with Crippen molar-refractivity contribution in [1.82, 2.24) is 0 Å². The molecule has 0 spiro atoms. The molecule has 0 bridgehead atoms. The molecule has 0 aromatic heterocycles. The van der Waals surface area contributed by atoms with Crippen LogP contribution in [0.4, 0.5) is 14.5 Å². The summed E-state index contributed by atoms with van der Waals surface area (Å²) in [6, 6.07) is 5.79. The number of rotatable bonds is 2. The SMILES string of the molecule is N[C@H]1CCOc2c(C(=O)Nc3ccc(F)c(Cl)c3)ccc(F)c21. The van der Waals surface area contributed by atoms with Crippen LogP contribution in [0.2, 0.25) is 5.02 Å². The normalized spacial score (nSPS) is 16.4. The van der Waals surface area contributed by atoms with Crippen LogP contribution >= 0.6 is 11.6 Å². The number of nitrogens with two attached hydrogens (primary N) is 1. The molecule has 1 aliphatic heterocycles. The third kappa shape index (κ3) is 3.00. The van der Waals surface area contributed by atoms with E-state index < -0.39 is 23.6 Å². The third-order valence-electron chi connectivity index (χ3n) is 3.61. The minimum atomic E-state index is -0.585. The van der Waals surface area contributed by atoms with Crippen LogP contribution in [-0.4, -0.2) is 12.5 Å². The number of anilines is 1. The van der Waals surface area contributed by atoms with E-state index in [-0.39, 0.29) is 21.9 Å². The summed E-state index contributed by atoms with van der Waals surface area (Å²) in [4.78, 5) is 12.4. The van der Waals surface area contributed by atoms with Crippen molar-refractivity contribution in [2.45, 2.75) is 12.5 Å². The predicted molar refractivity (Wildman–Crippen MR) is 82.8 cm³/mol. The molecule has 2 aromatic rings. The molecule has 0 fully saturated rings. The Morgan fingerprint density at radius 1 is 1.26 bits per heavy atom. The highest BCUT2D eigenvalue weighted by Gasteiger charge is 2.27. The third-order valence-corrected chi connectivity index (χ3v) is 3.90. The maximum absolute atomic E-state index is 13.9. The van der Waals surface area contributed by atoms with Crippen LogP contribution in [0.3, 0.4) is 0 Å². The van der Waals surface area contributed by atoms with E-state index >= 15 is 0 Å². The van der Waals surface area contributed by atoms with Crippen molar-refractivity contribution in [3.05, 3.63) is 58.1 Å². The van der Waals surface area contributed by atoms with Crippen LogP contribution in [0.5, 0.6) is 5.75 Å². The first kappa shape index (κ1) is 15.7. The molecule has 4 nitrogen and oxygen atoms in total. The number of ether oxygens (including phenoxy) is 1. The van der Waals surface area contributed by atoms with Gasteiger partial charge >= 0.3 is 0 Å². The first-order valence-electron chi connectivity index (χ1n) is 6.94. The topological polar surface area (TPSA) is 64.3 Å². The standard InChI is InChI=1S/C16H13ClF2N2O2/c17-10-7-8(1-3-11(10)18)21-16(22)9-2-4-12(19)14-13(20)5-6-23-15(9)14/h1-4,7,13H,5-6,20H2,(H,21,22)/t13-/m0/s1. The maximum Gasteiger partial charge on any atom is 0.259 e.